The Bertz CT molecular complexity index is 876. The summed E-state index contributed by atoms with van der Waals surface area (Å²) in [4.78, 5) is 27.8. The van der Waals surface area contributed by atoms with Crippen LogP contribution in [0.3, 0.4) is 0 Å². The summed E-state index contributed by atoms with van der Waals surface area (Å²) in [7, 11) is 0. The number of carbonyl (C=O) groups is 2. The largest absolute Gasteiger partial charge is 0.394 e. The van der Waals surface area contributed by atoms with Crippen molar-refractivity contribution in [3.8, 4) is 0 Å². The fourth-order valence-electron chi connectivity index (χ4n) is 3.91. The van der Waals surface area contributed by atoms with E-state index >= 15 is 0 Å². The van der Waals surface area contributed by atoms with E-state index in [-0.39, 0.29) is 18.6 Å². The fraction of sp³-hybridized carbons (Fsp3) is 0.391. The maximum absolute atomic E-state index is 13.3. The Kier molecular flexibility index (Phi) is 6.13. The van der Waals surface area contributed by atoms with Gasteiger partial charge in [-0.1, -0.05) is 60.7 Å². The Labute approximate surface area is 175 Å². The van der Waals surface area contributed by atoms with Gasteiger partial charge in [0.15, 0.2) is 18.5 Å². The first-order valence-electron chi connectivity index (χ1n) is 10.2. The Morgan fingerprint density at radius 3 is 2.33 bits per heavy atom. The topological polar surface area (TPSA) is 88.1 Å². The number of rotatable bonds is 7. The van der Waals surface area contributed by atoms with Gasteiger partial charge in [-0.05, 0) is 24.5 Å². The Morgan fingerprint density at radius 1 is 1.07 bits per heavy atom. The Hall–Kier alpha value is -2.74. The number of benzene rings is 2. The first-order chi connectivity index (χ1) is 14.6. The number of hydrogen-bond acceptors (Lipinski definition) is 5. The second-order valence-electron chi connectivity index (χ2n) is 7.78. The van der Waals surface area contributed by atoms with Crippen LogP contribution in [0.15, 0.2) is 60.7 Å². The van der Waals surface area contributed by atoms with Crippen molar-refractivity contribution in [3.05, 3.63) is 71.8 Å². The van der Waals surface area contributed by atoms with Crippen LogP contribution in [0.2, 0.25) is 0 Å². The highest BCUT2D eigenvalue weighted by atomic mass is 16.7. The second kappa shape index (κ2) is 8.95. The maximum Gasteiger partial charge on any atom is 0.255 e. The molecule has 2 bridgehead atoms. The van der Waals surface area contributed by atoms with E-state index in [0.29, 0.717) is 13.0 Å². The number of aliphatic hydroxyl groups excluding tert-OH is 1. The van der Waals surface area contributed by atoms with Crippen molar-refractivity contribution in [1.29, 1.82) is 0 Å². The third kappa shape index (κ3) is 4.23. The summed E-state index contributed by atoms with van der Waals surface area (Å²) in [6.45, 7) is 1.90. The molecular weight excluding hydrogens is 384 g/mol. The van der Waals surface area contributed by atoms with Crippen molar-refractivity contribution in [2.75, 3.05) is 6.61 Å². The van der Waals surface area contributed by atoms with Gasteiger partial charge in [-0.3, -0.25) is 9.59 Å². The normalized spacial score (nSPS) is 26.5. The van der Waals surface area contributed by atoms with Crippen LogP contribution in [0.4, 0.5) is 0 Å². The molecule has 2 aliphatic rings. The molecule has 2 aromatic rings. The van der Waals surface area contributed by atoms with Gasteiger partial charge in [0.2, 0.25) is 0 Å². The number of hydrogen-bond donors (Lipinski definition) is 2. The zero-order valence-corrected chi connectivity index (χ0v) is 16.8. The Balaban J connectivity index is 1.60. The van der Waals surface area contributed by atoms with Crippen molar-refractivity contribution in [2.45, 2.75) is 50.5 Å². The summed E-state index contributed by atoms with van der Waals surface area (Å²) in [5, 5.41) is 11.9. The molecule has 2 N–H and O–H groups in total. The minimum Gasteiger partial charge on any atom is -0.394 e. The molecule has 0 spiro atoms. The average Bonchev–Trinajstić information content (AvgIpc) is 3.18. The molecule has 158 valence electrons. The van der Waals surface area contributed by atoms with E-state index in [1.807, 2.05) is 60.7 Å². The number of amides is 2. The third-order valence-corrected chi connectivity index (χ3v) is 5.48. The minimum atomic E-state index is -1.03. The average molecular weight is 410 g/mol. The maximum atomic E-state index is 13.3. The summed E-state index contributed by atoms with van der Waals surface area (Å²) in [6, 6.07) is 18.8. The summed E-state index contributed by atoms with van der Waals surface area (Å²) >= 11 is 0. The summed E-state index contributed by atoms with van der Waals surface area (Å²) in [6.07, 6.45) is -2.16. The quantitative estimate of drug-likeness (QED) is 0.717. The summed E-state index contributed by atoms with van der Waals surface area (Å²) in [5.74, 6) is -0.706. The van der Waals surface area contributed by atoms with E-state index < -0.39 is 30.4 Å². The first-order valence-corrected chi connectivity index (χ1v) is 10.2. The van der Waals surface area contributed by atoms with E-state index in [4.69, 9.17) is 9.47 Å². The van der Waals surface area contributed by atoms with E-state index in [0.717, 1.165) is 11.1 Å². The van der Waals surface area contributed by atoms with Gasteiger partial charge >= 0.3 is 0 Å². The lowest BCUT2D eigenvalue weighted by molar-refractivity contribution is -0.177. The van der Waals surface area contributed by atoms with E-state index in [9.17, 15) is 14.7 Å². The molecule has 2 amide bonds. The van der Waals surface area contributed by atoms with Crippen LogP contribution < -0.4 is 5.32 Å². The highest BCUT2D eigenvalue weighted by Crippen LogP contribution is 2.34. The molecule has 0 unspecified atom stereocenters. The predicted molar refractivity (Wildman–Crippen MR) is 109 cm³/mol. The molecule has 2 aliphatic heterocycles. The highest BCUT2D eigenvalue weighted by molar-refractivity contribution is 5.92. The van der Waals surface area contributed by atoms with Crippen LogP contribution in [-0.2, 0) is 32.0 Å². The zero-order chi connectivity index (χ0) is 21.1. The van der Waals surface area contributed by atoms with Crippen LogP contribution in [0.5, 0.6) is 0 Å². The molecule has 2 heterocycles. The monoisotopic (exact) mass is 410 g/mol. The van der Waals surface area contributed by atoms with Gasteiger partial charge in [-0.25, -0.2) is 0 Å². The van der Waals surface area contributed by atoms with Gasteiger partial charge in [0.25, 0.3) is 11.8 Å². The third-order valence-electron chi connectivity index (χ3n) is 5.48. The summed E-state index contributed by atoms with van der Waals surface area (Å²) in [5.41, 5.74) is 2.06. The van der Waals surface area contributed by atoms with Crippen molar-refractivity contribution in [3.63, 3.8) is 0 Å². The standard InChI is InChI=1S/C23H26N2O5/c1-15(14-26)24-21(27)19-20-22(28)25(13-17-10-6-3-7-11-17)18(23(29-19)30-20)12-16-8-4-2-5-9-16/h2-11,15,18-20,23,26H,12-14H2,1H3,(H,24,27)/t15-,18+,19+,20-,23-/m0/s1. The zero-order valence-electron chi connectivity index (χ0n) is 16.8. The molecule has 2 fully saturated rings. The van der Waals surface area contributed by atoms with Crippen LogP contribution in [-0.4, -0.2) is 59.0 Å². The van der Waals surface area contributed by atoms with E-state index in [2.05, 4.69) is 5.32 Å². The van der Waals surface area contributed by atoms with Gasteiger partial charge in [0.05, 0.1) is 12.6 Å². The number of ether oxygens (including phenoxy) is 2. The molecule has 7 heteroatoms. The van der Waals surface area contributed by atoms with Gasteiger partial charge < -0.3 is 24.8 Å². The fourth-order valence-corrected chi connectivity index (χ4v) is 3.91. The van der Waals surface area contributed by atoms with Crippen LogP contribution >= 0.6 is 0 Å². The predicted octanol–water partition coefficient (Wildman–Crippen LogP) is 1.25. The molecule has 5 atom stereocenters. The summed E-state index contributed by atoms with van der Waals surface area (Å²) < 4.78 is 11.8. The smallest absolute Gasteiger partial charge is 0.255 e. The van der Waals surface area contributed by atoms with Gasteiger partial charge in [0, 0.05) is 12.6 Å². The number of morpholine rings is 1. The number of carbonyl (C=O) groups excluding carboxylic acids is 2. The number of fused-ring (bicyclic) bond motifs is 2. The van der Waals surface area contributed by atoms with Gasteiger partial charge in [0.1, 0.15) is 0 Å². The molecule has 2 saturated heterocycles. The number of nitrogens with one attached hydrogen (secondary N) is 1. The van der Waals surface area contributed by atoms with Crippen LogP contribution in [0, 0.1) is 0 Å². The lowest BCUT2D eigenvalue weighted by atomic mass is 10.0. The highest BCUT2D eigenvalue weighted by Gasteiger charge is 2.55. The molecule has 0 radical (unpaired) electrons. The number of aliphatic hydroxyl groups is 1. The van der Waals surface area contributed by atoms with Crippen LogP contribution in [0.1, 0.15) is 18.1 Å². The molecule has 4 rings (SSSR count). The van der Waals surface area contributed by atoms with Gasteiger partial charge in [-0.15, -0.1) is 0 Å². The van der Waals surface area contributed by atoms with Crippen molar-refractivity contribution in [1.82, 2.24) is 10.2 Å². The molecule has 7 nitrogen and oxygen atoms in total. The van der Waals surface area contributed by atoms with Crippen molar-refractivity contribution < 1.29 is 24.2 Å². The van der Waals surface area contributed by atoms with Gasteiger partial charge in [-0.2, -0.15) is 0 Å². The van der Waals surface area contributed by atoms with Crippen molar-refractivity contribution in [2.24, 2.45) is 0 Å². The Morgan fingerprint density at radius 2 is 1.70 bits per heavy atom. The number of nitrogens with zero attached hydrogens (tertiary/aromatic N) is 1. The SMILES string of the molecule is C[C@@H](CO)NC(=O)[C@@H]1O[C@H]2O[C@@H]1C(=O)N(Cc1ccccc1)[C@@H]2Cc1ccccc1. The molecule has 0 saturated carbocycles. The minimum absolute atomic E-state index is 0.196. The first kappa shape index (κ1) is 20.5. The molecule has 0 aromatic heterocycles. The van der Waals surface area contributed by atoms with Crippen LogP contribution in [0.25, 0.3) is 0 Å². The van der Waals surface area contributed by atoms with E-state index in [1.165, 1.54) is 0 Å². The molecule has 2 aromatic carbocycles. The molecular formula is C23H26N2O5. The lowest BCUT2D eigenvalue weighted by Crippen LogP contribution is -2.57. The van der Waals surface area contributed by atoms with Crippen molar-refractivity contribution >= 4 is 11.8 Å². The lowest BCUT2D eigenvalue weighted by Gasteiger charge is -2.38. The van der Waals surface area contributed by atoms with E-state index in [1.54, 1.807) is 11.8 Å². The molecule has 0 aliphatic carbocycles. The second-order valence-corrected chi connectivity index (χ2v) is 7.78. The molecule has 30 heavy (non-hydrogen) atoms.